The number of rotatable bonds is 16. The highest BCUT2D eigenvalue weighted by Gasteiger charge is 2.25. The molecule has 10 nitrogen and oxygen atoms in total. The second kappa shape index (κ2) is 15.8. The van der Waals surface area contributed by atoms with Gasteiger partial charge in [-0.25, -0.2) is 17.7 Å². The molecule has 240 valence electrons. The number of carbonyl (C=O) groups is 2. The number of nitrogens with zero attached hydrogens (tertiary/aromatic N) is 2. The van der Waals surface area contributed by atoms with Crippen LogP contribution in [0.2, 0.25) is 0 Å². The molecule has 0 fully saturated rings. The average molecular weight is 633 g/mol. The van der Waals surface area contributed by atoms with E-state index in [4.69, 9.17) is 0 Å². The van der Waals surface area contributed by atoms with Crippen LogP contribution in [0.15, 0.2) is 79.1 Å². The van der Waals surface area contributed by atoms with Crippen molar-refractivity contribution in [3.8, 4) is 0 Å². The molecule has 0 bridgehead atoms. The van der Waals surface area contributed by atoms with Gasteiger partial charge >= 0.3 is 0 Å². The Morgan fingerprint density at radius 2 is 1.67 bits per heavy atom. The zero-order chi connectivity index (χ0) is 32.4. The first kappa shape index (κ1) is 33.8. The topological polar surface area (TPSA) is 136 Å². The standard InChI is InChI=1S/C34H44N6O4S/c1-24(2)23-40(45(4,43)44)20-8-13-31(34(42)38-25(3)29-12-7-10-27-9-5-6-11-30(27)29)39-33(41)28-16-14-26(15-17-28)21-35-22-32-36-18-19-37-32/h5-7,9-12,14-19,24-25,31,35H,8,13,20-23H2,1-4H3,(H,36,37)(H,38,42)(H,39,41)/t25-,31-/m0/s1. The van der Waals surface area contributed by atoms with Gasteiger partial charge in [-0.3, -0.25) is 9.59 Å². The summed E-state index contributed by atoms with van der Waals surface area (Å²) >= 11 is 0. The maximum atomic E-state index is 13.7. The van der Waals surface area contributed by atoms with Gasteiger partial charge < -0.3 is 20.9 Å². The molecular formula is C34H44N6O4S. The van der Waals surface area contributed by atoms with Gasteiger partial charge in [0.25, 0.3) is 5.91 Å². The number of H-pyrrole nitrogens is 1. The van der Waals surface area contributed by atoms with Crippen LogP contribution in [0.25, 0.3) is 10.8 Å². The van der Waals surface area contributed by atoms with Gasteiger partial charge in [0, 0.05) is 37.6 Å². The van der Waals surface area contributed by atoms with E-state index in [1.165, 1.54) is 10.6 Å². The number of aromatic amines is 1. The molecule has 0 aliphatic heterocycles. The van der Waals surface area contributed by atoms with Crippen LogP contribution in [-0.4, -0.2) is 59.9 Å². The Hall–Kier alpha value is -4.06. The highest BCUT2D eigenvalue weighted by atomic mass is 32.2. The Morgan fingerprint density at radius 1 is 0.933 bits per heavy atom. The van der Waals surface area contributed by atoms with E-state index in [-0.39, 0.29) is 36.7 Å². The Balaban J connectivity index is 1.44. The van der Waals surface area contributed by atoms with Gasteiger partial charge in [-0.05, 0) is 59.7 Å². The lowest BCUT2D eigenvalue weighted by Crippen LogP contribution is -2.47. The minimum Gasteiger partial charge on any atom is -0.348 e. The molecule has 4 N–H and O–H groups in total. The van der Waals surface area contributed by atoms with Gasteiger partial charge in [0.1, 0.15) is 11.9 Å². The van der Waals surface area contributed by atoms with Crippen molar-refractivity contribution in [3.05, 3.63) is 102 Å². The van der Waals surface area contributed by atoms with Crippen molar-refractivity contribution in [3.63, 3.8) is 0 Å². The number of sulfonamides is 1. The van der Waals surface area contributed by atoms with Crippen molar-refractivity contribution in [2.24, 2.45) is 5.92 Å². The van der Waals surface area contributed by atoms with Crippen LogP contribution in [0.5, 0.6) is 0 Å². The van der Waals surface area contributed by atoms with Gasteiger partial charge in [0.05, 0.1) is 18.8 Å². The smallest absolute Gasteiger partial charge is 0.251 e. The molecule has 0 aliphatic carbocycles. The molecule has 45 heavy (non-hydrogen) atoms. The van der Waals surface area contributed by atoms with E-state index in [2.05, 4.69) is 25.9 Å². The van der Waals surface area contributed by atoms with Crippen LogP contribution in [0.1, 0.15) is 67.0 Å². The number of imidazole rings is 1. The maximum Gasteiger partial charge on any atom is 0.251 e. The molecule has 0 saturated heterocycles. The minimum absolute atomic E-state index is 0.156. The fourth-order valence-corrected chi connectivity index (χ4v) is 6.33. The molecule has 0 saturated carbocycles. The number of benzene rings is 3. The number of hydrogen-bond donors (Lipinski definition) is 4. The van der Waals surface area contributed by atoms with Gasteiger partial charge in [-0.2, -0.15) is 0 Å². The summed E-state index contributed by atoms with van der Waals surface area (Å²) in [7, 11) is -3.41. The van der Waals surface area contributed by atoms with E-state index in [9.17, 15) is 18.0 Å². The average Bonchev–Trinajstić information content (AvgIpc) is 3.53. The van der Waals surface area contributed by atoms with Gasteiger partial charge in [0.2, 0.25) is 15.9 Å². The molecule has 4 aromatic rings. The van der Waals surface area contributed by atoms with E-state index >= 15 is 0 Å². The van der Waals surface area contributed by atoms with Crippen LogP contribution in [0, 0.1) is 5.92 Å². The zero-order valence-electron chi connectivity index (χ0n) is 26.4. The summed E-state index contributed by atoms with van der Waals surface area (Å²) < 4.78 is 26.2. The van der Waals surface area contributed by atoms with Crippen molar-refractivity contribution in [1.82, 2.24) is 30.2 Å². The largest absolute Gasteiger partial charge is 0.348 e. The summed E-state index contributed by atoms with van der Waals surface area (Å²) in [4.78, 5) is 34.3. The summed E-state index contributed by atoms with van der Waals surface area (Å²) in [6, 6.07) is 20.0. The molecular weight excluding hydrogens is 588 g/mol. The fourth-order valence-electron chi connectivity index (χ4n) is 5.30. The lowest BCUT2D eigenvalue weighted by molar-refractivity contribution is -0.123. The molecule has 1 heterocycles. The lowest BCUT2D eigenvalue weighted by Gasteiger charge is -2.25. The number of amides is 2. The van der Waals surface area contributed by atoms with Crippen molar-refractivity contribution in [1.29, 1.82) is 0 Å². The first-order valence-corrected chi connectivity index (χ1v) is 17.2. The monoisotopic (exact) mass is 632 g/mol. The number of fused-ring (bicyclic) bond motifs is 1. The number of aromatic nitrogens is 2. The zero-order valence-corrected chi connectivity index (χ0v) is 27.2. The quantitative estimate of drug-likeness (QED) is 0.143. The van der Waals surface area contributed by atoms with Gasteiger partial charge in [-0.15, -0.1) is 0 Å². The van der Waals surface area contributed by atoms with E-state index in [1.807, 2.05) is 75.4 Å². The van der Waals surface area contributed by atoms with Crippen molar-refractivity contribution < 1.29 is 18.0 Å². The Kier molecular flexibility index (Phi) is 11.9. The maximum absolute atomic E-state index is 13.7. The fraction of sp³-hybridized carbons (Fsp3) is 0.382. The Morgan fingerprint density at radius 3 is 2.36 bits per heavy atom. The molecule has 3 aromatic carbocycles. The summed E-state index contributed by atoms with van der Waals surface area (Å²) in [5.74, 6) is 0.305. The third kappa shape index (κ3) is 9.97. The van der Waals surface area contributed by atoms with E-state index in [0.717, 1.165) is 27.7 Å². The van der Waals surface area contributed by atoms with Crippen molar-refractivity contribution in [2.45, 2.75) is 58.8 Å². The van der Waals surface area contributed by atoms with Gasteiger partial charge in [0.15, 0.2) is 0 Å². The molecule has 4 rings (SSSR count). The molecule has 2 amide bonds. The third-order valence-corrected chi connectivity index (χ3v) is 8.87. The van der Waals surface area contributed by atoms with Crippen LogP contribution in [0.4, 0.5) is 0 Å². The predicted octanol–water partition coefficient (Wildman–Crippen LogP) is 4.53. The van der Waals surface area contributed by atoms with E-state index < -0.39 is 16.1 Å². The van der Waals surface area contributed by atoms with E-state index in [0.29, 0.717) is 31.6 Å². The van der Waals surface area contributed by atoms with E-state index in [1.54, 1.807) is 24.5 Å². The summed E-state index contributed by atoms with van der Waals surface area (Å²) in [5, 5.41) is 11.4. The second-order valence-electron chi connectivity index (χ2n) is 11.8. The van der Waals surface area contributed by atoms with Crippen LogP contribution >= 0.6 is 0 Å². The molecule has 0 unspecified atom stereocenters. The van der Waals surface area contributed by atoms with Crippen molar-refractivity contribution >= 4 is 32.6 Å². The third-order valence-electron chi connectivity index (χ3n) is 7.60. The van der Waals surface area contributed by atoms with Crippen LogP contribution in [0.3, 0.4) is 0 Å². The number of hydrogen-bond acceptors (Lipinski definition) is 6. The SMILES string of the molecule is CC(C)CN(CCC[C@H](NC(=O)c1ccc(CNCc2ncc[nH]2)cc1)C(=O)N[C@@H](C)c1cccc2ccccc12)S(C)(=O)=O. The Bertz CT molecular complexity index is 1650. The highest BCUT2D eigenvalue weighted by Crippen LogP contribution is 2.24. The molecule has 0 spiro atoms. The minimum atomic E-state index is -3.41. The molecule has 0 radical (unpaired) electrons. The number of nitrogens with one attached hydrogen (secondary N) is 4. The second-order valence-corrected chi connectivity index (χ2v) is 13.8. The molecule has 11 heteroatoms. The summed E-state index contributed by atoms with van der Waals surface area (Å²) in [5.41, 5.74) is 2.41. The van der Waals surface area contributed by atoms with Gasteiger partial charge in [-0.1, -0.05) is 68.4 Å². The molecule has 2 atom stereocenters. The van der Waals surface area contributed by atoms with Crippen LogP contribution in [-0.2, 0) is 27.9 Å². The number of carbonyl (C=O) groups excluding carboxylic acids is 2. The molecule has 0 aliphatic rings. The van der Waals surface area contributed by atoms with Crippen molar-refractivity contribution in [2.75, 3.05) is 19.3 Å². The first-order valence-electron chi connectivity index (χ1n) is 15.3. The Labute approximate surface area is 266 Å². The summed E-state index contributed by atoms with van der Waals surface area (Å²) in [6.45, 7) is 7.70. The predicted molar refractivity (Wildman–Crippen MR) is 178 cm³/mol. The first-order chi connectivity index (χ1) is 21.5. The van der Waals surface area contributed by atoms with Crippen LogP contribution < -0.4 is 16.0 Å². The normalized spacial score (nSPS) is 13.2. The lowest BCUT2D eigenvalue weighted by atomic mass is 9.99. The highest BCUT2D eigenvalue weighted by molar-refractivity contribution is 7.88. The summed E-state index contributed by atoms with van der Waals surface area (Å²) in [6.07, 6.45) is 5.36. The molecule has 1 aromatic heterocycles.